The van der Waals surface area contributed by atoms with Gasteiger partial charge in [-0.25, -0.2) is 4.79 Å². The summed E-state index contributed by atoms with van der Waals surface area (Å²) in [6.45, 7) is 5.65. The average molecular weight is 397 g/mol. The van der Waals surface area contributed by atoms with Crippen LogP contribution in [-0.2, 0) is 15.0 Å². The van der Waals surface area contributed by atoms with Crippen LogP contribution in [0.1, 0.15) is 31.7 Å². The highest BCUT2D eigenvalue weighted by molar-refractivity contribution is 6.10. The number of rotatable bonds is 6. The summed E-state index contributed by atoms with van der Waals surface area (Å²) < 4.78 is 0. The molecule has 1 unspecified atom stereocenters. The molecule has 150 valence electrons. The standard InChI is InChI=1S/C19H28N4O3.ClH/c1-2-16(24)19(17(25)26,23-13-11-22-12-14-23)18(5-9-21-10-6-18)15-3-7-20-8-4-15;/h3-4,7-8,21-22H,2,5-6,9-14H2,1H3,(H,25,26);1H. The summed E-state index contributed by atoms with van der Waals surface area (Å²) in [6, 6.07) is 3.77. The fourth-order valence-corrected chi connectivity index (χ4v) is 4.85. The van der Waals surface area contributed by atoms with Crippen molar-refractivity contribution >= 4 is 24.2 Å². The molecule has 3 rings (SSSR count). The van der Waals surface area contributed by atoms with Crippen LogP contribution in [0.5, 0.6) is 0 Å². The quantitative estimate of drug-likeness (QED) is 0.613. The van der Waals surface area contributed by atoms with E-state index in [0.29, 0.717) is 52.1 Å². The van der Waals surface area contributed by atoms with Crippen molar-refractivity contribution in [3.8, 4) is 0 Å². The van der Waals surface area contributed by atoms with Gasteiger partial charge < -0.3 is 15.7 Å². The SMILES string of the molecule is CCC(=O)C(C(=O)O)(N1CCNCC1)C1(c2ccncc2)CCNCC1.Cl. The number of aliphatic carboxylic acids is 1. The molecule has 3 N–H and O–H groups in total. The van der Waals surface area contributed by atoms with Gasteiger partial charge in [0.15, 0.2) is 11.3 Å². The summed E-state index contributed by atoms with van der Waals surface area (Å²) in [5.41, 5.74) is -1.41. The molecule has 7 nitrogen and oxygen atoms in total. The van der Waals surface area contributed by atoms with Crippen molar-refractivity contribution in [2.75, 3.05) is 39.3 Å². The molecule has 1 atom stereocenters. The molecule has 8 heteroatoms. The number of piperidine rings is 1. The smallest absolute Gasteiger partial charge is 0.332 e. The maximum absolute atomic E-state index is 13.4. The van der Waals surface area contributed by atoms with Crippen LogP contribution in [0, 0.1) is 0 Å². The first-order valence-electron chi connectivity index (χ1n) is 9.43. The first kappa shape index (κ1) is 21.8. The Hall–Kier alpha value is -1.54. The zero-order valence-corrected chi connectivity index (χ0v) is 16.6. The molecule has 27 heavy (non-hydrogen) atoms. The second kappa shape index (κ2) is 9.10. The monoisotopic (exact) mass is 396 g/mol. The van der Waals surface area contributed by atoms with Crippen molar-refractivity contribution < 1.29 is 14.7 Å². The van der Waals surface area contributed by atoms with Crippen LogP contribution in [0.3, 0.4) is 0 Å². The minimum absolute atomic E-state index is 0. The number of piperazine rings is 1. The van der Waals surface area contributed by atoms with Crippen molar-refractivity contribution in [1.29, 1.82) is 0 Å². The molecule has 0 aromatic carbocycles. The predicted molar refractivity (Wildman–Crippen MR) is 105 cm³/mol. The third-order valence-corrected chi connectivity index (χ3v) is 6.01. The molecule has 1 aromatic heterocycles. The van der Waals surface area contributed by atoms with Crippen LogP contribution in [0.25, 0.3) is 0 Å². The van der Waals surface area contributed by atoms with Gasteiger partial charge in [0.25, 0.3) is 0 Å². The Bertz CT molecular complexity index is 646. The highest BCUT2D eigenvalue weighted by Crippen LogP contribution is 2.47. The minimum Gasteiger partial charge on any atom is -0.479 e. The summed E-state index contributed by atoms with van der Waals surface area (Å²) in [5.74, 6) is -1.23. The third-order valence-electron chi connectivity index (χ3n) is 6.01. The molecule has 1 aromatic rings. The Morgan fingerprint density at radius 1 is 1.15 bits per heavy atom. The van der Waals surface area contributed by atoms with E-state index in [4.69, 9.17) is 0 Å². The lowest BCUT2D eigenvalue weighted by molar-refractivity contribution is -0.167. The van der Waals surface area contributed by atoms with Gasteiger partial charge in [-0.05, 0) is 43.6 Å². The van der Waals surface area contributed by atoms with Gasteiger partial charge in [-0.3, -0.25) is 14.7 Å². The van der Waals surface area contributed by atoms with E-state index in [1.54, 1.807) is 19.3 Å². The number of carboxylic acids is 1. The van der Waals surface area contributed by atoms with E-state index < -0.39 is 16.9 Å². The Kier molecular flexibility index (Phi) is 7.33. The Morgan fingerprint density at radius 3 is 2.22 bits per heavy atom. The average Bonchev–Trinajstić information content (AvgIpc) is 2.70. The highest BCUT2D eigenvalue weighted by atomic mass is 35.5. The fourth-order valence-electron chi connectivity index (χ4n) is 4.85. The molecule has 0 radical (unpaired) electrons. The molecule has 2 aliphatic heterocycles. The summed E-state index contributed by atoms with van der Waals surface area (Å²) in [5, 5.41) is 17.1. The largest absolute Gasteiger partial charge is 0.479 e. The van der Waals surface area contributed by atoms with Gasteiger partial charge in [0.05, 0.1) is 0 Å². The number of nitrogens with one attached hydrogen (secondary N) is 2. The lowest BCUT2D eigenvalue weighted by atomic mass is 9.57. The number of hydrogen-bond acceptors (Lipinski definition) is 6. The van der Waals surface area contributed by atoms with Crippen LogP contribution in [0.15, 0.2) is 24.5 Å². The van der Waals surface area contributed by atoms with Crippen LogP contribution >= 0.6 is 12.4 Å². The van der Waals surface area contributed by atoms with Gasteiger partial charge in [0, 0.05) is 50.4 Å². The van der Waals surface area contributed by atoms with Crippen LogP contribution in [-0.4, -0.2) is 71.6 Å². The topological polar surface area (TPSA) is 94.6 Å². The molecule has 0 aliphatic carbocycles. The van der Waals surface area contributed by atoms with Gasteiger partial charge >= 0.3 is 5.97 Å². The maximum atomic E-state index is 13.4. The number of halogens is 1. The predicted octanol–water partition coefficient (Wildman–Crippen LogP) is 0.832. The summed E-state index contributed by atoms with van der Waals surface area (Å²) in [4.78, 5) is 32.3. The van der Waals surface area contributed by atoms with Crippen molar-refractivity contribution in [3.63, 3.8) is 0 Å². The second-order valence-corrected chi connectivity index (χ2v) is 7.10. The van der Waals surface area contributed by atoms with Crippen LogP contribution in [0.2, 0.25) is 0 Å². The normalized spacial score (nSPS) is 22.3. The van der Waals surface area contributed by atoms with Gasteiger partial charge in [0.1, 0.15) is 0 Å². The van der Waals surface area contributed by atoms with Gasteiger partial charge in [-0.1, -0.05) is 6.92 Å². The van der Waals surface area contributed by atoms with E-state index in [1.807, 2.05) is 17.0 Å². The van der Waals surface area contributed by atoms with Crippen LogP contribution in [0.4, 0.5) is 0 Å². The van der Waals surface area contributed by atoms with Crippen molar-refractivity contribution in [2.45, 2.75) is 37.1 Å². The molecular weight excluding hydrogens is 368 g/mol. The molecule has 0 spiro atoms. The lowest BCUT2D eigenvalue weighted by Gasteiger charge is -2.55. The van der Waals surface area contributed by atoms with E-state index in [0.717, 1.165) is 5.56 Å². The van der Waals surface area contributed by atoms with E-state index in [1.165, 1.54) is 0 Å². The summed E-state index contributed by atoms with van der Waals surface area (Å²) in [6.07, 6.45) is 4.81. The van der Waals surface area contributed by atoms with E-state index in [9.17, 15) is 14.7 Å². The minimum atomic E-state index is -1.55. The summed E-state index contributed by atoms with van der Waals surface area (Å²) >= 11 is 0. The Balaban J connectivity index is 0.00000261. The summed E-state index contributed by atoms with van der Waals surface area (Å²) in [7, 11) is 0. The maximum Gasteiger partial charge on any atom is 0.332 e. The molecule has 3 heterocycles. The number of ketones is 1. The van der Waals surface area contributed by atoms with Gasteiger partial charge in [-0.2, -0.15) is 0 Å². The molecule has 2 aliphatic rings. The van der Waals surface area contributed by atoms with Crippen LogP contribution < -0.4 is 10.6 Å². The first-order chi connectivity index (χ1) is 12.6. The molecule has 0 amide bonds. The van der Waals surface area contributed by atoms with E-state index in [-0.39, 0.29) is 24.6 Å². The first-order valence-corrected chi connectivity index (χ1v) is 9.43. The lowest BCUT2D eigenvalue weighted by Crippen LogP contribution is -2.74. The Morgan fingerprint density at radius 2 is 1.70 bits per heavy atom. The van der Waals surface area contributed by atoms with Crippen molar-refractivity contribution in [1.82, 2.24) is 20.5 Å². The molecule has 0 bridgehead atoms. The van der Waals surface area contributed by atoms with E-state index >= 15 is 0 Å². The van der Waals surface area contributed by atoms with Gasteiger partial charge in [0.2, 0.25) is 0 Å². The Labute approximate surface area is 166 Å². The second-order valence-electron chi connectivity index (χ2n) is 7.10. The van der Waals surface area contributed by atoms with Gasteiger partial charge in [-0.15, -0.1) is 12.4 Å². The highest BCUT2D eigenvalue weighted by Gasteiger charge is 2.64. The third kappa shape index (κ3) is 3.49. The van der Waals surface area contributed by atoms with E-state index in [2.05, 4.69) is 15.6 Å². The molecule has 2 saturated heterocycles. The molecular formula is C19H29ClN4O3. The fraction of sp³-hybridized carbons (Fsp3) is 0.632. The number of Topliss-reactive ketones (excluding diaryl/α,β-unsaturated/α-hetero) is 1. The number of carboxylic acid groups (broad SMARTS) is 1. The van der Waals surface area contributed by atoms with Crippen molar-refractivity contribution in [3.05, 3.63) is 30.1 Å². The zero-order chi connectivity index (χ0) is 18.6. The number of carbonyl (C=O) groups excluding carboxylic acids is 1. The number of aromatic nitrogens is 1. The van der Waals surface area contributed by atoms with Crippen molar-refractivity contribution in [2.24, 2.45) is 0 Å². The number of nitrogens with zero attached hydrogens (tertiary/aromatic N) is 2. The molecule has 2 fully saturated rings. The molecule has 0 saturated carbocycles. The number of hydrogen-bond donors (Lipinski definition) is 3. The number of carbonyl (C=O) groups is 2. The number of pyridine rings is 1. The zero-order valence-electron chi connectivity index (χ0n) is 15.7.